The van der Waals surface area contributed by atoms with E-state index in [-0.39, 0.29) is 11.9 Å². The summed E-state index contributed by atoms with van der Waals surface area (Å²) >= 11 is 2.25. The van der Waals surface area contributed by atoms with Crippen molar-refractivity contribution in [3.05, 3.63) is 57.7 Å². The van der Waals surface area contributed by atoms with E-state index in [2.05, 4.69) is 33.2 Å². The van der Waals surface area contributed by atoms with Crippen molar-refractivity contribution in [1.82, 2.24) is 0 Å². The highest BCUT2D eigenvalue weighted by Crippen LogP contribution is 2.16. The third kappa shape index (κ3) is 3.96. The molecule has 1 atom stereocenters. The molecule has 0 aromatic heterocycles. The van der Waals surface area contributed by atoms with E-state index in [4.69, 9.17) is 0 Å². The van der Waals surface area contributed by atoms with E-state index in [0.29, 0.717) is 0 Å². The first-order valence-corrected chi connectivity index (χ1v) is 7.53. The fourth-order valence-corrected chi connectivity index (χ4v) is 2.39. The molecule has 0 radical (unpaired) electrons. The van der Waals surface area contributed by atoms with Gasteiger partial charge in [-0.2, -0.15) is 0 Å². The first kappa shape index (κ1) is 14.8. The molecular weight excluding hydrogens is 363 g/mol. The van der Waals surface area contributed by atoms with Crippen molar-refractivity contribution in [2.45, 2.75) is 19.9 Å². The van der Waals surface area contributed by atoms with Gasteiger partial charge in [-0.1, -0.05) is 24.3 Å². The summed E-state index contributed by atoms with van der Waals surface area (Å²) in [6.07, 6.45) is 0. The number of anilines is 2. The number of aryl methyl sites for hydroxylation is 1. The van der Waals surface area contributed by atoms with Crippen LogP contribution < -0.4 is 10.6 Å². The molecule has 2 rings (SSSR count). The lowest BCUT2D eigenvalue weighted by molar-refractivity contribution is -0.116. The topological polar surface area (TPSA) is 41.1 Å². The van der Waals surface area contributed by atoms with Crippen LogP contribution in [0.5, 0.6) is 0 Å². The maximum absolute atomic E-state index is 12.2. The van der Waals surface area contributed by atoms with Crippen molar-refractivity contribution in [2.75, 3.05) is 10.6 Å². The molecule has 0 aliphatic heterocycles. The number of nitrogens with one attached hydrogen (secondary N) is 2. The summed E-state index contributed by atoms with van der Waals surface area (Å²) in [6, 6.07) is 15.4. The molecule has 4 heteroatoms. The molecule has 2 aromatic carbocycles. The minimum Gasteiger partial charge on any atom is -0.374 e. The van der Waals surface area contributed by atoms with Crippen molar-refractivity contribution in [1.29, 1.82) is 0 Å². The van der Waals surface area contributed by atoms with E-state index < -0.39 is 0 Å². The molecule has 104 valence electrons. The number of halogens is 1. The summed E-state index contributed by atoms with van der Waals surface area (Å²) in [5, 5.41) is 6.15. The standard InChI is InChI=1S/C16H17IN2O/c1-11-6-3-4-9-15(11)19-16(20)12(2)18-14-8-5-7-13(17)10-14/h3-10,12,18H,1-2H3,(H,19,20). The van der Waals surface area contributed by atoms with Gasteiger partial charge < -0.3 is 10.6 Å². The van der Waals surface area contributed by atoms with Gasteiger partial charge in [-0.25, -0.2) is 0 Å². The number of hydrogen-bond donors (Lipinski definition) is 2. The molecule has 0 fully saturated rings. The van der Waals surface area contributed by atoms with Crippen molar-refractivity contribution in [3.8, 4) is 0 Å². The molecule has 0 saturated heterocycles. The zero-order chi connectivity index (χ0) is 14.5. The minimum absolute atomic E-state index is 0.0434. The zero-order valence-corrected chi connectivity index (χ0v) is 13.6. The third-order valence-corrected chi connectivity index (χ3v) is 3.68. The predicted octanol–water partition coefficient (Wildman–Crippen LogP) is 4.04. The van der Waals surface area contributed by atoms with Gasteiger partial charge in [0, 0.05) is 14.9 Å². The molecule has 20 heavy (non-hydrogen) atoms. The third-order valence-electron chi connectivity index (χ3n) is 3.00. The SMILES string of the molecule is Cc1ccccc1NC(=O)C(C)Nc1cccc(I)c1. The smallest absolute Gasteiger partial charge is 0.246 e. The van der Waals surface area contributed by atoms with Gasteiger partial charge >= 0.3 is 0 Å². The van der Waals surface area contributed by atoms with Gasteiger partial charge in [0.15, 0.2) is 0 Å². The maximum Gasteiger partial charge on any atom is 0.246 e. The molecule has 0 aliphatic rings. The van der Waals surface area contributed by atoms with Crippen LogP contribution in [0.15, 0.2) is 48.5 Å². The van der Waals surface area contributed by atoms with Crippen molar-refractivity contribution >= 4 is 39.9 Å². The van der Waals surface area contributed by atoms with Crippen LogP contribution in [-0.2, 0) is 4.79 Å². The Labute approximate surface area is 132 Å². The van der Waals surface area contributed by atoms with Gasteiger partial charge in [0.1, 0.15) is 6.04 Å². The average molecular weight is 380 g/mol. The number of benzene rings is 2. The number of carbonyl (C=O) groups excluding carboxylic acids is 1. The Morgan fingerprint density at radius 2 is 1.90 bits per heavy atom. The summed E-state index contributed by atoms with van der Waals surface area (Å²) in [5.41, 5.74) is 2.86. The van der Waals surface area contributed by atoms with Gasteiger partial charge in [0.2, 0.25) is 5.91 Å². The van der Waals surface area contributed by atoms with Gasteiger partial charge in [-0.15, -0.1) is 0 Å². The van der Waals surface area contributed by atoms with Crippen LogP contribution in [0.2, 0.25) is 0 Å². The van der Waals surface area contributed by atoms with Crippen LogP contribution in [0.4, 0.5) is 11.4 Å². The first-order chi connectivity index (χ1) is 9.56. The van der Waals surface area contributed by atoms with Gasteiger partial charge in [-0.3, -0.25) is 4.79 Å². The second-order valence-electron chi connectivity index (χ2n) is 4.68. The lowest BCUT2D eigenvalue weighted by Crippen LogP contribution is -2.32. The normalized spacial score (nSPS) is 11.8. The van der Waals surface area contributed by atoms with E-state index >= 15 is 0 Å². The molecule has 0 aliphatic carbocycles. The number of amides is 1. The number of para-hydroxylation sites is 1. The van der Waals surface area contributed by atoms with Crippen molar-refractivity contribution in [2.24, 2.45) is 0 Å². The molecular formula is C16H17IN2O. The lowest BCUT2D eigenvalue weighted by Gasteiger charge is -2.16. The molecule has 1 unspecified atom stereocenters. The van der Waals surface area contributed by atoms with Crippen LogP contribution >= 0.6 is 22.6 Å². The fourth-order valence-electron chi connectivity index (χ4n) is 1.85. The van der Waals surface area contributed by atoms with Gasteiger partial charge in [0.25, 0.3) is 0 Å². The summed E-state index contributed by atoms with van der Waals surface area (Å²) in [6.45, 7) is 3.83. The highest BCUT2D eigenvalue weighted by molar-refractivity contribution is 14.1. The van der Waals surface area contributed by atoms with Crippen LogP contribution in [-0.4, -0.2) is 11.9 Å². The maximum atomic E-state index is 12.2. The van der Waals surface area contributed by atoms with Gasteiger partial charge in [-0.05, 0) is 66.3 Å². The van der Waals surface area contributed by atoms with E-state index in [1.165, 1.54) is 0 Å². The average Bonchev–Trinajstić information content (AvgIpc) is 2.41. The Kier molecular flexibility index (Phi) is 5.00. The second kappa shape index (κ2) is 6.74. The molecule has 0 heterocycles. The number of rotatable bonds is 4. The Hall–Kier alpha value is -1.56. The van der Waals surface area contributed by atoms with Crippen LogP contribution in [0.1, 0.15) is 12.5 Å². The fraction of sp³-hybridized carbons (Fsp3) is 0.188. The zero-order valence-electron chi connectivity index (χ0n) is 11.5. The van der Waals surface area contributed by atoms with Crippen LogP contribution in [0.3, 0.4) is 0 Å². The molecule has 0 spiro atoms. The first-order valence-electron chi connectivity index (χ1n) is 6.45. The molecule has 2 N–H and O–H groups in total. The Bertz CT molecular complexity index is 613. The van der Waals surface area contributed by atoms with Crippen molar-refractivity contribution in [3.63, 3.8) is 0 Å². The lowest BCUT2D eigenvalue weighted by atomic mass is 10.2. The Balaban J connectivity index is 2.01. The van der Waals surface area contributed by atoms with Crippen LogP contribution in [0.25, 0.3) is 0 Å². The monoisotopic (exact) mass is 380 g/mol. The number of hydrogen-bond acceptors (Lipinski definition) is 2. The van der Waals surface area contributed by atoms with E-state index in [1.54, 1.807) is 0 Å². The highest BCUT2D eigenvalue weighted by atomic mass is 127. The van der Waals surface area contributed by atoms with E-state index in [0.717, 1.165) is 20.5 Å². The van der Waals surface area contributed by atoms with E-state index in [9.17, 15) is 4.79 Å². The highest BCUT2D eigenvalue weighted by Gasteiger charge is 2.13. The largest absolute Gasteiger partial charge is 0.374 e. The quantitative estimate of drug-likeness (QED) is 0.787. The predicted molar refractivity (Wildman–Crippen MR) is 92.1 cm³/mol. The summed E-state index contributed by atoms with van der Waals surface area (Å²) < 4.78 is 1.14. The molecule has 2 aromatic rings. The Morgan fingerprint density at radius 3 is 2.60 bits per heavy atom. The Morgan fingerprint density at radius 1 is 1.15 bits per heavy atom. The van der Waals surface area contributed by atoms with Gasteiger partial charge in [0.05, 0.1) is 0 Å². The van der Waals surface area contributed by atoms with Crippen LogP contribution in [0, 0.1) is 10.5 Å². The summed E-state index contributed by atoms with van der Waals surface area (Å²) in [7, 11) is 0. The minimum atomic E-state index is -0.298. The van der Waals surface area contributed by atoms with Crippen molar-refractivity contribution < 1.29 is 4.79 Å². The molecule has 0 bridgehead atoms. The molecule has 0 saturated carbocycles. The summed E-state index contributed by atoms with van der Waals surface area (Å²) in [5.74, 6) is -0.0434. The van der Waals surface area contributed by atoms with E-state index in [1.807, 2.05) is 62.4 Å². The summed E-state index contributed by atoms with van der Waals surface area (Å²) in [4.78, 5) is 12.2. The number of carbonyl (C=O) groups is 1. The molecule has 1 amide bonds. The second-order valence-corrected chi connectivity index (χ2v) is 5.93. The molecule has 3 nitrogen and oxygen atoms in total.